The summed E-state index contributed by atoms with van der Waals surface area (Å²) >= 11 is 7.26. The maximum absolute atomic E-state index is 13.4. The highest BCUT2D eigenvalue weighted by Crippen LogP contribution is 2.52. The quantitative estimate of drug-likeness (QED) is 0.412. The van der Waals surface area contributed by atoms with Gasteiger partial charge < -0.3 is 10.1 Å². The van der Waals surface area contributed by atoms with Crippen molar-refractivity contribution in [1.82, 2.24) is 5.32 Å². The Morgan fingerprint density at radius 1 is 0.969 bits per heavy atom. The standard InChI is InChI=1S/C26H29Br2NO3/c1-6-7-32-24-15(27)8-14(9-16(24)28)21-22-17(10-25(2,3)12-19(22)30)29-18-11-26(4,5)13-20(31)23(18)21/h6,8-9,21,29H,1,7,10-13H2,2-5H3. The molecule has 32 heavy (non-hydrogen) atoms. The van der Waals surface area contributed by atoms with Crippen LogP contribution in [-0.4, -0.2) is 18.2 Å². The number of allylic oxidation sites excluding steroid dienone is 4. The summed E-state index contributed by atoms with van der Waals surface area (Å²) in [4.78, 5) is 26.8. The Hall–Kier alpha value is -1.66. The molecule has 0 spiro atoms. The van der Waals surface area contributed by atoms with Crippen LogP contribution in [0.1, 0.15) is 64.9 Å². The molecule has 0 radical (unpaired) electrons. The molecule has 1 N–H and O–H groups in total. The second-order valence-electron chi connectivity index (χ2n) is 10.6. The maximum Gasteiger partial charge on any atom is 0.162 e. The van der Waals surface area contributed by atoms with Crippen molar-refractivity contribution in [3.05, 3.63) is 61.8 Å². The zero-order chi connectivity index (χ0) is 23.4. The fraction of sp³-hybridized carbons (Fsp3) is 0.462. The smallest absolute Gasteiger partial charge is 0.162 e. The topological polar surface area (TPSA) is 55.4 Å². The minimum absolute atomic E-state index is 0.108. The average Bonchev–Trinajstić information content (AvgIpc) is 2.63. The van der Waals surface area contributed by atoms with E-state index in [4.69, 9.17) is 4.74 Å². The molecule has 3 aliphatic rings. The number of hydrogen-bond acceptors (Lipinski definition) is 4. The van der Waals surface area contributed by atoms with E-state index in [1.165, 1.54) is 0 Å². The van der Waals surface area contributed by atoms with Crippen LogP contribution in [-0.2, 0) is 9.59 Å². The van der Waals surface area contributed by atoms with Crippen LogP contribution in [0, 0.1) is 10.8 Å². The zero-order valence-corrected chi connectivity index (χ0v) is 22.2. The Balaban J connectivity index is 1.90. The molecule has 0 saturated heterocycles. The number of hydrogen-bond donors (Lipinski definition) is 1. The van der Waals surface area contributed by atoms with Gasteiger partial charge in [0.1, 0.15) is 12.4 Å². The molecule has 0 aromatic heterocycles. The molecule has 1 aliphatic heterocycles. The average molecular weight is 563 g/mol. The summed E-state index contributed by atoms with van der Waals surface area (Å²) in [6.07, 6.45) is 4.24. The lowest BCUT2D eigenvalue weighted by Gasteiger charge is -2.44. The first-order valence-corrected chi connectivity index (χ1v) is 12.5. The number of ketones is 2. The second kappa shape index (κ2) is 8.28. The van der Waals surface area contributed by atoms with Crippen LogP contribution in [0.4, 0.5) is 0 Å². The van der Waals surface area contributed by atoms with Crippen LogP contribution in [0.15, 0.2) is 56.3 Å². The number of halogens is 2. The summed E-state index contributed by atoms with van der Waals surface area (Å²) in [5.41, 5.74) is 4.13. The maximum atomic E-state index is 13.4. The van der Waals surface area contributed by atoms with E-state index in [2.05, 4.69) is 71.5 Å². The molecule has 170 valence electrons. The van der Waals surface area contributed by atoms with Gasteiger partial charge >= 0.3 is 0 Å². The predicted octanol–water partition coefficient (Wildman–Crippen LogP) is 6.75. The van der Waals surface area contributed by atoms with Crippen molar-refractivity contribution in [2.24, 2.45) is 10.8 Å². The first-order valence-electron chi connectivity index (χ1n) is 10.9. The highest BCUT2D eigenvalue weighted by atomic mass is 79.9. The van der Waals surface area contributed by atoms with Gasteiger partial charge in [-0.3, -0.25) is 9.59 Å². The number of ether oxygens (including phenoxy) is 1. The Morgan fingerprint density at radius 3 is 1.88 bits per heavy atom. The molecule has 0 amide bonds. The number of carbonyl (C=O) groups excluding carboxylic acids is 2. The highest BCUT2D eigenvalue weighted by molar-refractivity contribution is 9.11. The van der Waals surface area contributed by atoms with Crippen molar-refractivity contribution < 1.29 is 14.3 Å². The summed E-state index contributed by atoms with van der Waals surface area (Å²) < 4.78 is 7.34. The molecule has 6 heteroatoms. The predicted molar refractivity (Wildman–Crippen MR) is 134 cm³/mol. The summed E-state index contributed by atoms with van der Waals surface area (Å²) in [6.45, 7) is 12.6. The second-order valence-corrected chi connectivity index (χ2v) is 12.3. The first kappa shape index (κ1) is 23.5. The lowest BCUT2D eigenvalue weighted by Crippen LogP contribution is -2.42. The third-order valence-corrected chi connectivity index (χ3v) is 7.60. The fourth-order valence-electron chi connectivity index (χ4n) is 5.25. The number of benzene rings is 1. The van der Waals surface area contributed by atoms with Gasteiger partial charge in [0.15, 0.2) is 11.6 Å². The number of Topliss-reactive ketones (excluding diaryl/α,β-unsaturated/α-hetero) is 2. The molecule has 1 heterocycles. The van der Waals surface area contributed by atoms with E-state index in [0.717, 1.165) is 49.9 Å². The molecule has 0 saturated carbocycles. The van der Waals surface area contributed by atoms with Gasteiger partial charge in [-0.1, -0.05) is 40.3 Å². The van der Waals surface area contributed by atoms with Crippen LogP contribution >= 0.6 is 31.9 Å². The van der Waals surface area contributed by atoms with Crippen LogP contribution in [0.3, 0.4) is 0 Å². The number of nitrogens with one attached hydrogen (secondary N) is 1. The van der Waals surface area contributed by atoms with E-state index in [0.29, 0.717) is 25.2 Å². The molecule has 0 bridgehead atoms. The van der Waals surface area contributed by atoms with Crippen LogP contribution in [0.25, 0.3) is 0 Å². The van der Waals surface area contributed by atoms with Crippen molar-refractivity contribution in [1.29, 1.82) is 0 Å². The van der Waals surface area contributed by atoms with Gasteiger partial charge in [0.2, 0.25) is 0 Å². The molecule has 4 nitrogen and oxygen atoms in total. The number of rotatable bonds is 4. The third kappa shape index (κ3) is 4.28. The molecule has 0 unspecified atom stereocenters. The molecule has 1 aromatic rings. The van der Waals surface area contributed by atoms with Gasteiger partial charge in [-0.05, 0) is 73.2 Å². The minimum Gasteiger partial charge on any atom is -0.487 e. The third-order valence-electron chi connectivity index (χ3n) is 6.42. The summed E-state index contributed by atoms with van der Waals surface area (Å²) in [6, 6.07) is 3.96. The highest BCUT2D eigenvalue weighted by Gasteiger charge is 2.46. The van der Waals surface area contributed by atoms with Gasteiger partial charge in [0, 0.05) is 41.3 Å². The summed E-state index contributed by atoms with van der Waals surface area (Å²) in [5, 5.41) is 3.56. The van der Waals surface area contributed by atoms with Crippen molar-refractivity contribution in [2.75, 3.05) is 6.61 Å². The molecular formula is C26H29Br2NO3. The Kier molecular flexibility index (Phi) is 6.08. The lowest BCUT2D eigenvalue weighted by atomic mass is 9.64. The van der Waals surface area contributed by atoms with Gasteiger partial charge in [-0.2, -0.15) is 0 Å². The van der Waals surface area contributed by atoms with E-state index >= 15 is 0 Å². The molecule has 0 atom stereocenters. The summed E-state index contributed by atoms with van der Waals surface area (Å²) in [7, 11) is 0. The molecular weight excluding hydrogens is 534 g/mol. The largest absolute Gasteiger partial charge is 0.487 e. The SMILES string of the molecule is C=CCOc1c(Br)cc(C2C3=C(CC(C)(C)CC3=O)NC3=C2C(=O)CC(C)(C)C3)cc1Br. The van der Waals surface area contributed by atoms with Crippen molar-refractivity contribution in [3.63, 3.8) is 0 Å². The fourth-order valence-corrected chi connectivity index (χ4v) is 6.70. The van der Waals surface area contributed by atoms with Crippen molar-refractivity contribution >= 4 is 43.4 Å². The number of dihydropyridines is 1. The molecule has 4 rings (SSSR count). The minimum atomic E-state index is -0.366. The van der Waals surface area contributed by atoms with Gasteiger partial charge in [-0.25, -0.2) is 0 Å². The van der Waals surface area contributed by atoms with E-state index in [-0.39, 0.29) is 28.3 Å². The van der Waals surface area contributed by atoms with Gasteiger partial charge in [0.25, 0.3) is 0 Å². The summed E-state index contributed by atoms with van der Waals surface area (Å²) in [5.74, 6) is 0.557. The van der Waals surface area contributed by atoms with Crippen LogP contribution in [0.5, 0.6) is 5.75 Å². The van der Waals surface area contributed by atoms with Crippen molar-refractivity contribution in [2.45, 2.75) is 59.3 Å². The monoisotopic (exact) mass is 561 g/mol. The van der Waals surface area contributed by atoms with Gasteiger partial charge in [0.05, 0.1) is 8.95 Å². The molecule has 1 aromatic carbocycles. The molecule has 2 aliphatic carbocycles. The number of carbonyl (C=O) groups is 2. The Morgan fingerprint density at radius 2 is 1.44 bits per heavy atom. The van der Waals surface area contributed by atoms with Gasteiger partial charge in [-0.15, -0.1) is 0 Å². The lowest BCUT2D eigenvalue weighted by molar-refractivity contribution is -0.119. The first-order chi connectivity index (χ1) is 14.9. The van der Waals surface area contributed by atoms with E-state index < -0.39 is 0 Å². The zero-order valence-electron chi connectivity index (χ0n) is 19.0. The Labute approximate surface area is 206 Å². The molecule has 0 fully saturated rings. The van der Waals surface area contributed by atoms with E-state index in [1.54, 1.807) is 6.08 Å². The van der Waals surface area contributed by atoms with Crippen LogP contribution < -0.4 is 10.1 Å². The Bertz CT molecular complexity index is 1020. The van der Waals surface area contributed by atoms with E-state index in [1.807, 2.05) is 12.1 Å². The van der Waals surface area contributed by atoms with E-state index in [9.17, 15) is 9.59 Å². The van der Waals surface area contributed by atoms with Crippen LogP contribution in [0.2, 0.25) is 0 Å². The normalized spacial score (nSPS) is 22.3. The van der Waals surface area contributed by atoms with Crippen molar-refractivity contribution in [3.8, 4) is 5.75 Å².